The zero-order valence-electron chi connectivity index (χ0n) is 9.69. The topological polar surface area (TPSA) is 67.1 Å². The summed E-state index contributed by atoms with van der Waals surface area (Å²) in [4.78, 5) is 10.5. The molecule has 3 N–H and O–H groups in total. The minimum absolute atomic E-state index is 0.461. The van der Waals surface area contributed by atoms with Crippen LogP contribution in [0.15, 0.2) is 12.4 Å². The molecule has 0 aliphatic carbocycles. The molecule has 1 aromatic rings. The first-order chi connectivity index (χ1) is 7.74. The molecule has 0 spiro atoms. The smallest absolute Gasteiger partial charge is 0.144 e. The third-order valence-corrected chi connectivity index (χ3v) is 2.97. The number of anilines is 2. The van der Waals surface area contributed by atoms with Crippen molar-refractivity contribution in [2.24, 2.45) is 5.92 Å². The van der Waals surface area contributed by atoms with Gasteiger partial charge in [0, 0.05) is 13.1 Å². The van der Waals surface area contributed by atoms with E-state index in [0.717, 1.165) is 18.9 Å². The van der Waals surface area contributed by atoms with Crippen LogP contribution in [0.25, 0.3) is 0 Å². The van der Waals surface area contributed by atoms with E-state index in [0.29, 0.717) is 11.7 Å². The normalized spacial score (nSPS) is 21.9. The van der Waals surface area contributed by atoms with Crippen LogP contribution in [0.3, 0.4) is 0 Å². The molecule has 1 atom stereocenters. The summed E-state index contributed by atoms with van der Waals surface area (Å²) < 4.78 is 0. The SMILES string of the molecule is CN1CCCC(CNc2cnc(N)cn2)C1. The summed E-state index contributed by atoms with van der Waals surface area (Å²) in [6.45, 7) is 3.34. The van der Waals surface area contributed by atoms with Crippen LogP contribution in [0.2, 0.25) is 0 Å². The maximum Gasteiger partial charge on any atom is 0.144 e. The second-order valence-corrected chi connectivity index (χ2v) is 4.48. The Morgan fingerprint density at radius 3 is 3.06 bits per heavy atom. The number of hydrogen-bond donors (Lipinski definition) is 2. The van der Waals surface area contributed by atoms with Crippen molar-refractivity contribution >= 4 is 11.6 Å². The highest BCUT2D eigenvalue weighted by Crippen LogP contribution is 2.15. The third-order valence-electron chi connectivity index (χ3n) is 2.97. The third kappa shape index (κ3) is 3.06. The summed E-state index contributed by atoms with van der Waals surface area (Å²) in [6, 6.07) is 0. The molecule has 0 saturated carbocycles. The Balaban J connectivity index is 1.80. The van der Waals surface area contributed by atoms with Gasteiger partial charge in [0.15, 0.2) is 0 Å². The lowest BCUT2D eigenvalue weighted by atomic mass is 9.98. The summed E-state index contributed by atoms with van der Waals surface area (Å²) in [5.74, 6) is 1.98. The van der Waals surface area contributed by atoms with Gasteiger partial charge in [-0.2, -0.15) is 0 Å². The van der Waals surface area contributed by atoms with Crippen molar-refractivity contribution in [1.29, 1.82) is 0 Å². The Labute approximate surface area is 96.1 Å². The molecule has 1 aliphatic heterocycles. The van der Waals surface area contributed by atoms with Gasteiger partial charge in [-0.3, -0.25) is 0 Å². The number of aromatic nitrogens is 2. The van der Waals surface area contributed by atoms with E-state index in [1.54, 1.807) is 12.4 Å². The molecule has 0 radical (unpaired) electrons. The van der Waals surface area contributed by atoms with Gasteiger partial charge in [0.1, 0.15) is 11.6 Å². The maximum atomic E-state index is 5.48. The molecule has 0 aromatic carbocycles. The summed E-state index contributed by atoms with van der Waals surface area (Å²) in [5.41, 5.74) is 5.48. The van der Waals surface area contributed by atoms with Crippen LogP contribution in [0.1, 0.15) is 12.8 Å². The van der Waals surface area contributed by atoms with Gasteiger partial charge in [0.25, 0.3) is 0 Å². The van der Waals surface area contributed by atoms with Crippen molar-refractivity contribution in [1.82, 2.24) is 14.9 Å². The molecule has 1 unspecified atom stereocenters. The Morgan fingerprint density at radius 1 is 1.50 bits per heavy atom. The van der Waals surface area contributed by atoms with Crippen molar-refractivity contribution in [2.75, 3.05) is 37.7 Å². The molecule has 5 heteroatoms. The summed E-state index contributed by atoms with van der Waals surface area (Å²) in [7, 11) is 2.18. The van der Waals surface area contributed by atoms with E-state index in [2.05, 4.69) is 27.2 Å². The minimum atomic E-state index is 0.461. The maximum absolute atomic E-state index is 5.48. The van der Waals surface area contributed by atoms with Gasteiger partial charge < -0.3 is 16.0 Å². The number of nitrogens with one attached hydrogen (secondary N) is 1. The highest BCUT2D eigenvalue weighted by Gasteiger charge is 2.16. The summed E-state index contributed by atoms with van der Waals surface area (Å²) in [6.07, 6.45) is 5.84. The molecule has 1 aliphatic rings. The average Bonchev–Trinajstić information content (AvgIpc) is 2.28. The van der Waals surface area contributed by atoms with E-state index in [1.807, 2.05) is 0 Å². The number of likely N-dealkylation sites (tertiary alicyclic amines) is 1. The number of rotatable bonds is 3. The number of nitrogens with two attached hydrogens (primary N) is 1. The van der Waals surface area contributed by atoms with Crippen LogP contribution in [-0.4, -0.2) is 41.5 Å². The first-order valence-corrected chi connectivity index (χ1v) is 5.74. The van der Waals surface area contributed by atoms with Crippen LogP contribution >= 0.6 is 0 Å². The van der Waals surface area contributed by atoms with Gasteiger partial charge in [-0.05, 0) is 32.4 Å². The molecule has 5 nitrogen and oxygen atoms in total. The van der Waals surface area contributed by atoms with E-state index >= 15 is 0 Å². The van der Waals surface area contributed by atoms with Crippen molar-refractivity contribution in [3.05, 3.63) is 12.4 Å². The second-order valence-electron chi connectivity index (χ2n) is 4.48. The quantitative estimate of drug-likeness (QED) is 0.790. The predicted molar refractivity (Wildman–Crippen MR) is 65.2 cm³/mol. The van der Waals surface area contributed by atoms with Crippen molar-refractivity contribution in [3.8, 4) is 0 Å². The van der Waals surface area contributed by atoms with Gasteiger partial charge in [0.05, 0.1) is 12.4 Å². The zero-order valence-corrected chi connectivity index (χ0v) is 9.69. The lowest BCUT2D eigenvalue weighted by Gasteiger charge is -2.29. The van der Waals surface area contributed by atoms with Crippen molar-refractivity contribution < 1.29 is 0 Å². The molecule has 88 valence electrons. The van der Waals surface area contributed by atoms with Crippen molar-refractivity contribution in [2.45, 2.75) is 12.8 Å². The Kier molecular flexibility index (Phi) is 3.56. The van der Waals surface area contributed by atoms with Gasteiger partial charge in [-0.15, -0.1) is 0 Å². The second kappa shape index (κ2) is 5.12. The molecule has 2 heterocycles. The number of nitrogen functional groups attached to an aromatic ring is 1. The molecule has 0 amide bonds. The number of hydrogen-bond acceptors (Lipinski definition) is 5. The highest BCUT2D eigenvalue weighted by molar-refractivity contribution is 5.35. The highest BCUT2D eigenvalue weighted by atomic mass is 15.1. The molecule has 1 fully saturated rings. The molecule has 1 saturated heterocycles. The number of nitrogens with zero attached hydrogens (tertiary/aromatic N) is 3. The predicted octanol–water partition coefficient (Wildman–Crippen LogP) is 0.812. The molecular formula is C11H19N5. The lowest BCUT2D eigenvalue weighted by molar-refractivity contribution is 0.217. The van der Waals surface area contributed by atoms with Crippen molar-refractivity contribution in [3.63, 3.8) is 0 Å². The minimum Gasteiger partial charge on any atom is -0.382 e. The van der Waals surface area contributed by atoms with Crippen LogP contribution in [0, 0.1) is 5.92 Å². The molecule has 1 aromatic heterocycles. The van der Waals surface area contributed by atoms with Crippen LogP contribution in [0.5, 0.6) is 0 Å². The first kappa shape index (κ1) is 11.1. The van der Waals surface area contributed by atoms with Gasteiger partial charge in [-0.1, -0.05) is 0 Å². The van der Waals surface area contributed by atoms with Crippen LogP contribution in [-0.2, 0) is 0 Å². The van der Waals surface area contributed by atoms with E-state index in [-0.39, 0.29) is 0 Å². The lowest BCUT2D eigenvalue weighted by Crippen LogP contribution is -2.35. The molecule has 2 rings (SSSR count). The van der Waals surface area contributed by atoms with Crippen LogP contribution < -0.4 is 11.1 Å². The summed E-state index contributed by atoms with van der Waals surface area (Å²) >= 11 is 0. The fraction of sp³-hybridized carbons (Fsp3) is 0.636. The van der Waals surface area contributed by atoms with Gasteiger partial charge >= 0.3 is 0 Å². The van der Waals surface area contributed by atoms with Gasteiger partial charge in [0.2, 0.25) is 0 Å². The Bertz CT molecular complexity index is 324. The summed E-state index contributed by atoms with van der Waals surface area (Å²) in [5, 5.41) is 3.31. The van der Waals surface area contributed by atoms with Crippen LogP contribution in [0.4, 0.5) is 11.6 Å². The molecule has 0 bridgehead atoms. The van der Waals surface area contributed by atoms with E-state index in [4.69, 9.17) is 5.73 Å². The fourth-order valence-corrected chi connectivity index (χ4v) is 2.12. The zero-order chi connectivity index (χ0) is 11.4. The van der Waals surface area contributed by atoms with E-state index in [9.17, 15) is 0 Å². The number of piperidine rings is 1. The Hall–Kier alpha value is -1.36. The standard InChI is InChI=1S/C11H19N5/c1-16-4-2-3-9(8-16)5-14-11-7-13-10(12)6-15-11/h6-7,9H,2-5,8H2,1H3,(H2,12,13)(H,14,15). The van der Waals surface area contributed by atoms with E-state index in [1.165, 1.54) is 19.4 Å². The first-order valence-electron chi connectivity index (χ1n) is 5.74. The largest absolute Gasteiger partial charge is 0.382 e. The average molecular weight is 221 g/mol. The monoisotopic (exact) mass is 221 g/mol. The molecular weight excluding hydrogens is 202 g/mol. The fourth-order valence-electron chi connectivity index (χ4n) is 2.12. The Morgan fingerprint density at radius 2 is 2.38 bits per heavy atom. The van der Waals surface area contributed by atoms with E-state index < -0.39 is 0 Å². The molecule has 16 heavy (non-hydrogen) atoms. The van der Waals surface area contributed by atoms with Gasteiger partial charge in [-0.25, -0.2) is 9.97 Å².